The predicted octanol–water partition coefficient (Wildman–Crippen LogP) is 3.33. The summed E-state index contributed by atoms with van der Waals surface area (Å²) in [6.45, 7) is 13.4. The van der Waals surface area contributed by atoms with Gasteiger partial charge >= 0.3 is 0 Å². The van der Waals surface area contributed by atoms with Crippen LogP contribution in [0.2, 0.25) is 0 Å². The first-order chi connectivity index (χ1) is 13.8. The standard InChI is InChI=1S/C22H36N6O/c1-7-23-21(25-15-19-26-20(29-27-19)22(3,4)5)24-14-13-17(2)28(6)16-18-11-9-8-10-12-18/h8-12,17H,7,13-16H2,1-6H3,(H2,23,24,25). The summed E-state index contributed by atoms with van der Waals surface area (Å²) in [5.74, 6) is 2.01. The van der Waals surface area contributed by atoms with Crippen molar-refractivity contribution in [3.05, 3.63) is 47.6 Å². The average Bonchev–Trinajstić information content (AvgIpc) is 3.16. The van der Waals surface area contributed by atoms with Gasteiger partial charge in [0.15, 0.2) is 11.8 Å². The van der Waals surface area contributed by atoms with Crippen molar-refractivity contribution < 1.29 is 4.52 Å². The summed E-state index contributed by atoms with van der Waals surface area (Å²) in [4.78, 5) is 11.4. The summed E-state index contributed by atoms with van der Waals surface area (Å²) in [5.41, 5.74) is 1.18. The lowest BCUT2D eigenvalue weighted by Gasteiger charge is -2.25. The van der Waals surface area contributed by atoms with Crippen molar-refractivity contribution in [1.82, 2.24) is 25.7 Å². The number of benzene rings is 1. The molecule has 0 saturated carbocycles. The zero-order valence-corrected chi connectivity index (χ0v) is 18.7. The summed E-state index contributed by atoms with van der Waals surface area (Å²) >= 11 is 0. The van der Waals surface area contributed by atoms with Gasteiger partial charge in [0.2, 0.25) is 5.89 Å². The van der Waals surface area contributed by atoms with Crippen LogP contribution < -0.4 is 10.6 Å². The minimum absolute atomic E-state index is 0.153. The SMILES string of the molecule is CCNC(=NCc1noc(C(C)(C)C)n1)NCCC(C)N(C)Cc1ccccc1. The highest BCUT2D eigenvalue weighted by Gasteiger charge is 2.21. The maximum absolute atomic E-state index is 5.33. The van der Waals surface area contributed by atoms with Crippen molar-refractivity contribution in [3.8, 4) is 0 Å². The molecule has 160 valence electrons. The Bertz CT molecular complexity index is 750. The lowest BCUT2D eigenvalue weighted by atomic mass is 9.97. The van der Waals surface area contributed by atoms with E-state index in [1.165, 1.54) is 5.56 Å². The van der Waals surface area contributed by atoms with Gasteiger partial charge in [-0.2, -0.15) is 4.98 Å². The number of aliphatic imine (C=N–C) groups is 1. The number of nitrogens with zero attached hydrogens (tertiary/aromatic N) is 4. The molecule has 2 N–H and O–H groups in total. The van der Waals surface area contributed by atoms with Crippen LogP contribution in [0.1, 0.15) is 58.3 Å². The molecule has 0 aliphatic heterocycles. The molecule has 29 heavy (non-hydrogen) atoms. The first-order valence-electron chi connectivity index (χ1n) is 10.4. The molecule has 7 nitrogen and oxygen atoms in total. The Hall–Kier alpha value is -2.41. The molecular weight excluding hydrogens is 364 g/mol. The number of guanidine groups is 1. The number of rotatable bonds is 9. The number of hydrogen-bond acceptors (Lipinski definition) is 5. The number of aromatic nitrogens is 2. The van der Waals surface area contributed by atoms with Crippen LogP contribution in [0.5, 0.6) is 0 Å². The normalized spacial score (nSPS) is 13.6. The van der Waals surface area contributed by atoms with E-state index in [0.29, 0.717) is 24.3 Å². The molecule has 7 heteroatoms. The van der Waals surface area contributed by atoms with Gasteiger partial charge in [-0.1, -0.05) is 56.3 Å². The maximum Gasteiger partial charge on any atom is 0.232 e. The molecular formula is C22H36N6O. The van der Waals surface area contributed by atoms with Crippen molar-refractivity contribution in [2.24, 2.45) is 4.99 Å². The van der Waals surface area contributed by atoms with Crippen molar-refractivity contribution >= 4 is 5.96 Å². The van der Waals surface area contributed by atoms with E-state index in [1.807, 2.05) is 0 Å². The Kier molecular flexibility index (Phi) is 8.64. The van der Waals surface area contributed by atoms with E-state index in [0.717, 1.165) is 32.0 Å². The Balaban J connectivity index is 1.82. The smallest absolute Gasteiger partial charge is 0.232 e. The average molecular weight is 401 g/mol. The second-order valence-corrected chi connectivity index (χ2v) is 8.43. The topological polar surface area (TPSA) is 78.6 Å². The monoisotopic (exact) mass is 400 g/mol. The number of hydrogen-bond donors (Lipinski definition) is 2. The molecule has 1 aromatic heterocycles. The summed E-state index contributed by atoms with van der Waals surface area (Å²) in [6.07, 6.45) is 1.02. The second-order valence-electron chi connectivity index (χ2n) is 8.43. The third-order valence-corrected chi connectivity index (χ3v) is 4.71. The van der Waals surface area contributed by atoms with Gasteiger partial charge in [0.1, 0.15) is 6.54 Å². The molecule has 0 saturated heterocycles. The van der Waals surface area contributed by atoms with Crippen LogP contribution in [0, 0.1) is 0 Å². The summed E-state index contributed by atoms with van der Waals surface area (Å²) < 4.78 is 5.33. The Morgan fingerprint density at radius 2 is 1.93 bits per heavy atom. The van der Waals surface area contributed by atoms with Crippen molar-refractivity contribution in [2.45, 2.75) is 65.6 Å². The van der Waals surface area contributed by atoms with Crippen LogP contribution in [0.25, 0.3) is 0 Å². The fourth-order valence-electron chi connectivity index (χ4n) is 2.76. The van der Waals surface area contributed by atoms with E-state index in [1.54, 1.807) is 0 Å². The molecule has 0 amide bonds. The van der Waals surface area contributed by atoms with Crippen LogP contribution >= 0.6 is 0 Å². The highest BCUT2D eigenvalue weighted by Crippen LogP contribution is 2.19. The van der Waals surface area contributed by atoms with Crippen LogP contribution in [0.3, 0.4) is 0 Å². The van der Waals surface area contributed by atoms with Crippen LogP contribution in [0.15, 0.2) is 39.8 Å². The third-order valence-electron chi connectivity index (χ3n) is 4.71. The van der Waals surface area contributed by atoms with E-state index in [2.05, 4.69) is 103 Å². The van der Waals surface area contributed by atoms with Crippen molar-refractivity contribution in [3.63, 3.8) is 0 Å². The molecule has 0 radical (unpaired) electrons. The first-order valence-corrected chi connectivity index (χ1v) is 10.4. The van der Waals surface area contributed by atoms with E-state index in [-0.39, 0.29) is 5.41 Å². The van der Waals surface area contributed by atoms with Gasteiger partial charge in [0.05, 0.1) is 0 Å². The Labute approximate surface area is 175 Å². The predicted molar refractivity (Wildman–Crippen MR) is 118 cm³/mol. The van der Waals surface area contributed by atoms with Crippen LogP contribution in [-0.2, 0) is 18.5 Å². The lowest BCUT2D eigenvalue weighted by Crippen LogP contribution is -2.40. The zero-order chi connectivity index (χ0) is 21.3. The molecule has 1 unspecified atom stereocenters. The summed E-state index contributed by atoms with van der Waals surface area (Å²) in [5, 5.41) is 10.7. The molecule has 0 bridgehead atoms. The minimum Gasteiger partial charge on any atom is -0.357 e. The fraction of sp³-hybridized carbons (Fsp3) is 0.591. The van der Waals surface area contributed by atoms with Crippen molar-refractivity contribution in [2.75, 3.05) is 20.1 Å². The van der Waals surface area contributed by atoms with E-state index in [4.69, 9.17) is 4.52 Å². The lowest BCUT2D eigenvalue weighted by molar-refractivity contribution is 0.238. The van der Waals surface area contributed by atoms with Crippen molar-refractivity contribution in [1.29, 1.82) is 0 Å². The van der Waals surface area contributed by atoms with Crippen LogP contribution in [0.4, 0.5) is 0 Å². The molecule has 2 aromatic rings. The van der Waals surface area contributed by atoms with Gasteiger partial charge in [-0.15, -0.1) is 0 Å². The number of nitrogens with one attached hydrogen (secondary N) is 2. The third kappa shape index (κ3) is 7.85. The largest absolute Gasteiger partial charge is 0.357 e. The van der Waals surface area contributed by atoms with E-state index in [9.17, 15) is 0 Å². The minimum atomic E-state index is -0.153. The van der Waals surface area contributed by atoms with Gasteiger partial charge in [0, 0.05) is 31.1 Å². The van der Waals surface area contributed by atoms with Crippen LogP contribution in [-0.4, -0.2) is 47.2 Å². The van der Waals surface area contributed by atoms with E-state index < -0.39 is 0 Å². The maximum atomic E-state index is 5.33. The molecule has 1 atom stereocenters. The molecule has 0 aliphatic carbocycles. The zero-order valence-electron chi connectivity index (χ0n) is 18.7. The summed E-state index contributed by atoms with van der Waals surface area (Å²) in [6, 6.07) is 11.0. The van der Waals surface area contributed by atoms with Gasteiger partial charge in [-0.3, -0.25) is 4.90 Å². The fourth-order valence-corrected chi connectivity index (χ4v) is 2.76. The first kappa shape index (κ1) is 22.9. The summed E-state index contributed by atoms with van der Waals surface area (Å²) in [7, 11) is 2.17. The molecule has 1 aromatic carbocycles. The van der Waals surface area contributed by atoms with Gasteiger partial charge in [-0.25, -0.2) is 4.99 Å². The molecule has 0 aliphatic rings. The van der Waals surface area contributed by atoms with Gasteiger partial charge in [-0.05, 0) is 32.9 Å². The highest BCUT2D eigenvalue weighted by molar-refractivity contribution is 5.79. The molecule has 0 fully saturated rings. The Morgan fingerprint density at radius 3 is 2.55 bits per heavy atom. The highest BCUT2D eigenvalue weighted by atomic mass is 16.5. The van der Waals surface area contributed by atoms with E-state index >= 15 is 0 Å². The molecule has 1 heterocycles. The van der Waals surface area contributed by atoms with Gasteiger partial charge in [0.25, 0.3) is 0 Å². The molecule has 2 rings (SSSR count). The molecule has 0 spiro atoms. The quantitative estimate of drug-likeness (QED) is 0.497. The Morgan fingerprint density at radius 1 is 1.21 bits per heavy atom. The second kappa shape index (κ2) is 11.0. The van der Waals surface area contributed by atoms with Gasteiger partial charge < -0.3 is 15.2 Å².